The van der Waals surface area contributed by atoms with Crippen LogP contribution in [0.1, 0.15) is 38.0 Å². The fourth-order valence-electron chi connectivity index (χ4n) is 4.35. The highest BCUT2D eigenvalue weighted by Crippen LogP contribution is 2.37. The Balaban J connectivity index is 1.57. The number of rotatable bonds is 6. The molecule has 3 N–H and O–H groups in total. The van der Waals surface area contributed by atoms with Crippen LogP contribution in [0.15, 0.2) is 48.7 Å². The van der Waals surface area contributed by atoms with Crippen LogP contribution in [0.4, 0.5) is 10.2 Å². The maximum Gasteiger partial charge on any atom is 0.166 e. The van der Waals surface area contributed by atoms with E-state index in [1.807, 2.05) is 6.07 Å². The number of pyridine rings is 1. The monoisotopic (exact) mass is 502 g/mol. The molecule has 1 fully saturated rings. The third kappa shape index (κ3) is 5.01. The fourth-order valence-corrected chi connectivity index (χ4v) is 5.03. The first-order valence-corrected chi connectivity index (χ1v) is 12.1. The molecule has 8 heteroatoms. The van der Waals surface area contributed by atoms with E-state index in [9.17, 15) is 4.39 Å². The van der Waals surface area contributed by atoms with Gasteiger partial charge in [0.15, 0.2) is 11.6 Å². The van der Waals surface area contributed by atoms with Crippen LogP contribution in [-0.2, 0) is 5.54 Å². The lowest BCUT2D eigenvalue weighted by molar-refractivity contribution is 0.103. The summed E-state index contributed by atoms with van der Waals surface area (Å²) in [6.45, 7) is 10.3. The van der Waals surface area contributed by atoms with Crippen LogP contribution in [0.3, 0.4) is 0 Å². The van der Waals surface area contributed by atoms with Crippen molar-refractivity contribution < 1.29 is 9.13 Å². The molecule has 1 aliphatic rings. The number of anilines is 1. The van der Waals surface area contributed by atoms with Gasteiger partial charge in [-0.15, -0.1) is 0 Å². The number of ether oxygens (including phenoxy) is 1. The molecular formula is C26H29Cl2FN4O. The predicted molar refractivity (Wildman–Crippen MR) is 137 cm³/mol. The van der Waals surface area contributed by atoms with Crippen molar-refractivity contribution in [2.45, 2.75) is 32.4 Å². The zero-order chi connectivity index (χ0) is 24.5. The van der Waals surface area contributed by atoms with Gasteiger partial charge in [-0.1, -0.05) is 47.5 Å². The molecule has 0 amide bonds. The molecule has 1 saturated heterocycles. The van der Waals surface area contributed by atoms with Crippen molar-refractivity contribution >= 4 is 29.0 Å². The van der Waals surface area contributed by atoms with Gasteiger partial charge in [0.25, 0.3) is 0 Å². The molecule has 180 valence electrons. The largest absolute Gasteiger partial charge is 0.482 e. The molecule has 4 rings (SSSR count). The van der Waals surface area contributed by atoms with Gasteiger partial charge in [0.2, 0.25) is 0 Å². The van der Waals surface area contributed by atoms with Crippen LogP contribution >= 0.6 is 23.2 Å². The lowest BCUT2D eigenvalue weighted by atomic mass is 9.90. The van der Waals surface area contributed by atoms with Gasteiger partial charge in [-0.25, -0.2) is 9.37 Å². The highest BCUT2D eigenvalue weighted by Gasteiger charge is 2.29. The molecule has 1 unspecified atom stereocenters. The summed E-state index contributed by atoms with van der Waals surface area (Å²) in [5, 5.41) is 3.67. The maximum absolute atomic E-state index is 14.0. The second kappa shape index (κ2) is 10.1. The van der Waals surface area contributed by atoms with Gasteiger partial charge in [-0.3, -0.25) is 4.90 Å². The molecule has 0 aliphatic carbocycles. The minimum Gasteiger partial charge on any atom is -0.482 e. The lowest BCUT2D eigenvalue weighted by Gasteiger charge is -2.41. The Hall–Kier alpha value is -2.38. The average molecular weight is 503 g/mol. The van der Waals surface area contributed by atoms with Gasteiger partial charge in [-0.05, 0) is 50.1 Å². The summed E-state index contributed by atoms with van der Waals surface area (Å²) in [6.07, 6.45) is 1.09. The maximum atomic E-state index is 14.0. The average Bonchev–Trinajstić information content (AvgIpc) is 2.84. The molecule has 1 aromatic heterocycles. The minimum absolute atomic E-state index is 0.0623. The Morgan fingerprint density at radius 3 is 2.44 bits per heavy atom. The number of nitrogen functional groups attached to an aromatic ring is 1. The first-order chi connectivity index (χ1) is 16.2. The Labute approximate surface area is 210 Å². The summed E-state index contributed by atoms with van der Waals surface area (Å²) in [5.41, 5.74) is 9.49. The van der Waals surface area contributed by atoms with Gasteiger partial charge < -0.3 is 15.8 Å². The Morgan fingerprint density at radius 2 is 1.76 bits per heavy atom. The molecule has 0 spiro atoms. The number of nitrogens with one attached hydrogen (secondary N) is 1. The van der Waals surface area contributed by atoms with E-state index in [0.29, 0.717) is 16.3 Å². The topological polar surface area (TPSA) is 63.4 Å². The van der Waals surface area contributed by atoms with Crippen molar-refractivity contribution in [3.63, 3.8) is 0 Å². The van der Waals surface area contributed by atoms with Crippen molar-refractivity contribution in [3.05, 3.63) is 75.7 Å². The number of piperazine rings is 1. The van der Waals surface area contributed by atoms with Gasteiger partial charge in [0, 0.05) is 54.1 Å². The minimum atomic E-state index is -0.628. The van der Waals surface area contributed by atoms with Gasteiger partial charge >= 0.3 is 0 Å². The smallest absolute Gasteiger partial charge is 0.166 e. The number of hydrogen-bond donors (Lipinski definition) is 2. The van der Waals surface area contributed by atoms with Crippen LogP contribution in [0, 0.1) is 5.82 Å². The third-order valence-electron chi connectivity index (χ3n) is 6.50. The van der Waals surface area contributed by atoms with E-state index in [-0.39, 0.29) is 16.4 Å². The quantitative estimate of drug-likeness (QED) is 0.401. The highest BCUT2D eigenvalue weighted by atomic mass is 35.5. The molecule has 0 saturated carbocycles. The summed E-state index contributed by atoms with van der Waals surface area (Å²) in [7, 11) is 0. The summed E-state index contributed by atoms with van der Waals surface area (Å²) in [5.74, 6) is 0.0579. The van der Waals surface area contributed by atoms with Crippen molar-refractivity contribution in [1.29, 1.82) is 0 Å². The molecule has 2 heterocycles. The first-order valence-electron chi connectivity index (χ1n) is 11.3. The molecule has 3 aromatic rings. The highest BCUT2D eigenvalue weighted by molar-refractivity contribution is 6.36. The Bertz CT molecular complexity index is 1160. The second-order valence-corrected chi connectivity index (χ2v) is 9.78. The lowest BCUT2D eigenvalue weighted by Crippen LogP contribution is -2.51. The van der Waals surface area contributed by atoms with Crippen LogP contribution in [-0.4, -0.2) is 36.1 Å². The molecular weight excluding hydrogens is 474 g/mol. The Kier molecular flexibility index (Phi) is 7.33. The zero-order valence-corrected chi connectivity index (χ0v) is 21.1. The zero-order valence-electron chi connectivity index (χ0n) is 19.5. The second-order valence-electron chi connectivity index (χ2n) is 9.00. The number of halogens is 3. The number of nitrogens with zero attached hydrogens (tertiary/aromatic N) is 2. The summed E-state index contributed by atoms with van der Waals surface area (Å²) in [4.78, 5) is 6.81. The van der Waals surface area contributed by atoms with Crippen molar-refractivity contribution in [3.8, 4) is 16.9 Å². The standard InChI is InChI=1S/C26H29Cl2FN4O/c1-16(23-20(27)8-9-21(29)24(23)28)34-22-14-18(15-32-25(22)30)17-4-6-19(7-5-17)26(2,3)33-12-10-31-11-13-33/h4-9,14-16,31H,10-13H2,1-3H3,(H2,30,32). The number of benzene rings is 2. The first kappa shape index (κ1) is 24.7. The van der Waals surface area contributed by atoms with Crippen molar-refractivity contribution in [2.75, 3.05) is 31.9 Å². The Morgan fingerprint density at radius 1 is 1.09 bits per heavy atom. The molecule has 2 aromatic carbocycles. The molecule has 5 nitrogen and oxygen atoms in total. The predicted octanol–water partition coefficient (Wildman–Crippen LogP) is 6.06. The van der Waals surface area contributed by atoms with E-state index in [2.05, 4.69) is 53.3 Å². The number of nitrogens with two attached hydrogens (primary N) is 1. The molecule has 0 bridgehead atoms. The van der Waals surface area contributed by atoms with Crippen LogP contribution in [0.25, 0.3) is 11.1 Å². The molecule has 34 heavy (non-hydrogen) atoms. The van der Waals surface area contributed by atoms with Crippen molar-refractivity contribution in [1.82, 2.24) is 15.2 Å². The van der Waals surface area contributed by atoms with Crippen molar-refractivity contribution in [2.24, 2.45) is 0 Å². The molecule has 1 atom stereocenters. The van der Waals surface area contributed by atoms with Gasteiger partial charge in [0.1, 0.15) is 11.9 Å². The normalized spacial score (nSPS) is 15.8. The van der Waals surface area contributed by atoms with E-state index in [0.717, 1.165) is 37.3 Å². The SMILES string of the molecule is CC(Oc1cc(-c2ccc(C(C)(C)N3CCNCC3)cc2)cnc1N)c1c(Cl)ccc(F)c1Cl. The number of aromatic nitrogens is 1. The summed E-state index contributed by atoms with van der Waals surface area (Å²) >= 11 is 12.4. The van der Waals surface area contributed by atoms with Gasteiger partial charge in [0.05, 0.1) is 5.02 Å². The summed E-state index contributed by atoms with van der Waals surface area (Å²) < 4.78 is 20.0. The van der Waals surface area contributed by atoms with E-state index in [1.165, 1.54) is 17.7 Å². The molecule has 1 aliphatic heterocycles. The van der Waals surface area contributed by atoms with E-state index < -0.39 is 11.9 Å². The number of hydrogen-bond acceptors (Lipinski definition) is 5. The van der Waals surface area contributed by atoms with Crippen LogP contribution in [0.2, 0.25) is 10.0 Å². The van der Waals surface area contributed by atoms with Gasteiger partial charge in [-0.2, -0.15) is 0 Å². The van der Waals surface area contributed by atoms with E-state index in [4.69, 9.17) is 33.7 Å². The van der Waals surface area contributed by atoms with E-state index in [1.54, 1.807) is 13.1 Å². The molecule has 0 radical (unpaired) electrons. The van der Waals surface area contributed by atoms with Crippen LogP contribution < -0.4 is 15.8 Å². The third-order valence-corrected chi connectivity index (χ3v) is 7.22. The van der Waals surface area contributed by atoms with Crippen LogP contribution in [0.5, 0.6) is 5.75 Å². The summed E-state index contributed by atoms with van der Waals surface area (Å²) in [6, 6.07) is 13.0. The fraction of sp³-hybridized carbons (Fsp3) is 0.346. The van der Waals surface area contributed by atoms with E-state index >= 15 is 0 Å².